The van der Waals surface area contributed by atoms with Crippen LogP contribution in [-0.2, 0) is 19.9 Å². The molecular formula is C26H18N2O6. The highest BCUT2D eigenvalue weighted by Gasteiger charge is 2.74. The summed E-state index contributed by atoms with van der Waals surface area (Å²) in [5, 5.41) is 12.9. The highest BCUT2D eigenvalue weighted by atomic mass is 16.6. The Morgan fingerprint density at radius 3 is 2.15 bits per heavy atom. The number of benzene rings is 3. The molecule has 7 rings (SSSR count). The van der Waals surface area contributed by atoms with E-state index in [-0.39, 0.29) is 11.4 Å². The van der Waals surface area contributed by atoms with Gasteiger partial charge in [0.2, 0.25) is 11.8 Å². The third-order valence-corrected chi connectivity index (χ3v) is 7.20. The summed E-state index contributed by atoms with van der Waals surface area (Å²) in [4.78, 5) is 52.7. The molecule has 2 amide bonds. The normalized spacial score (nSPS) is 26.0. The van der Waals surface area contributed by atoms with Crippen LogP contribution in [0.5, 0.6) is 5.75 Å². The van der Waals surface area contributed by atoms with Crippen LogP contribution in [0.4, 0.5) is 5.69 Å². The zero-order valence-electron chi connectivity index (χ0n) is 18.0. The summed E-state index contributed by atoms with van der Waals surface area (Å²) in [5.41, 5.74) is 0.672. The van der Waals surface area contributed by atoms with Gasteiger partial charge in [0.1, 0.15) is 11.7 Å². The topological polar surface area (TPSA) is 107 Å². The van der Waals surface area contributed by atoms with Crippen LogP contribution < -0.4 is 9.64 Å². The summed E-state index contributed by atoms with van der Waals surface area (Å²) in [6.07, 6.45) is 0. The van der Waals surface area contributed by atoms with Crippen LogP contribution in [0.25, 0.3) is 0 Å². The number of hydrogen-bond donors (Lipinski definition) is 0. The van der Waals surface area contributed by atoms with E-state index in [2.05, 4.69) is 0 Å². The van der Waals surface area contributed by atoms with Crippen molar-refractivity contribution in [3.05, 3.63) is 105 Å². The number of amides is 2. The largest absolute Gasteiger partial charge is 0.427 e. The second-order valence-electron chi connectivity index (χ2n) is 8.78. The van der Waals surface area contributed by atoms with Crippen molar-refractivity contribution in [1.29, 1.82) is 0 Å². The lowest BCUT2D eigenvalue weighted by molar-refractivity contribution is -0.578. The van der Waals surface area contributed by atoms with Crippen molar-refractivity contribution in [3.8, 4) is 5.75 Å². The predicted molar refractivity (Wildman–Crippen MR) is 120 cm³/mol. The average Bonchev–Trinajstić information content (AvgIpc) is 3.09. The van der Waals surface area contributed by atoms with E-state index < -0.39 is 46.0 Å². The fourth-order valence-electron chi connectivity index (χ4n) is 6.15. The summed E-state index contributed by atoms with van der Waals surface area (Å²) in [6.45, 7) is 1.25. The van der Waals surface area contributed by atoms with Crippen molar-refractivity contribution in [1.82, 2.24) is 0 Å². The van der Waals surface area contributed by atoms with Crippen molar-refractivity contribution in [3.63, 3.8) is 0 Å². The lowest BCUT2D eigenvalue weighted by Gasteiger charge is -2.48. The number of hydrogen-bond acceptors (Lipinski definition) is 6. The van der Waals surface area contributed by atoms with Gasteiger partial charge in [-0.3, -0.25) is 24.5 Å². The molecule has 1 aliphatic heterocycles. The van der Waals surface area contributed by atoms with Gasteiger partial charge in [0.25, 0.3) is 5.54 Å². The molecular weight excluding hydrogens is 436 g/mol. The van der Waals surface area contributed by atoms with Gasteiger partial charge in [0.05, 0.1) is 11.6 Å². The van der Waals surface area contributed by atoms with Gasteiger partial charge in [-0.25, -0.2) is 4.90 Å². The minimum Gasteiger partial charge on any atom is -0.427 e. The molecule has 1 heterocycles. The van der Waals surface area contributed by atoms with Gasteiger partial charge in [-0.1, -0.05) is 54.6 Å². The lowest BCUT2D eigenvalue weighted by atomic mass is 9.51. The van der Waals surface area contributed by atoms with Crippen LogP contribution >= 0.6 is 0 Å². The molecule has 3 aliphatic carbocycles. The summed E-state index contributed by atoms with van der Waals surface area (Å²) in [7, 11) is 0. The number of nitrogens with zero attached hydrogens (tertiary/aromatic N) is 2. The molecule has 34 heavy (non-hydrogen) atoms. The van der Waals surface area contributed by atoms with E-state index in [1.165, 1.54) is 19.1 Å². The van der Waals surface area contributed by atoms with Gasteiger partial charge >= 0.3 is 5.97 Å². The molecule has 0 unspecified atom stereocenters. The van der Waals surface area contributed by atoms with E-state index in [1.807, 2.05) is 12.1 Å². The first-order valence-corrected chi connectivity index (χ1v) is 10.9. The molecule has 3 aromatic carbocycles. The van der Waals surface area contributed by atoms with E-state index in [9.17, 15) is 24.5 Å². The smallest absolute Gasteiger partial charge is 0.308 e. The van der Waals surface area contributed by atoms with E-state index in [4.69, 9.17) is 4.74 Å². The summed E-state index contributed by atoms with van der Waals surface area (Å²) < 4.78 is 5.12. The fraction of sp³-hybridized carbons (Fsp3) is 0.192. The van der Waals surface area contributed by atoms with E-state index in [1.54, 1.807) is 48.5 Å². The third-order valence-electron chi connectivity index (χ3n) is 7.20. The van der Waals surface area contributed by atoms with E-state index in [0.717, 1.165) is 4.90 Å². The molecule has 168 valence electrons. The molecule has 4 aliphatic rings. The number of anilines is 1. The average molecular weight is 454 g/mol. The monoisotopic (exact) mass is 454 g/mol. The van der Waals surface area contributed by atoms with Gasteiger partial charge in [0, 0.05) is 35.0 Å². The van der Waals surface area contributed by atoms with E-state index >= 15 is 0 Å². The first-order chi connectivity index (χ1) is 16.4. The van der Waals surface area contributed by atoms with Gasteiger partial charge < -0.3 is 4.74 Å². The van der Waals surface area contributed by atoms with Gasteiger partial charge in [-0.05, 0) is 23.3 Å². The SMILES string of the molecule is CC(=O)Oc1cccc(N2C(=O)[C@H]3C4c5ccccc5C([N+](=O)[O-])(c5ccccc54)[C@H]3C2=O)c1. The molecule has 3 aromatic rings. The van der Waals surface area contributed by atoms with Crippen LogP contribution in [0.2, 0.25) is 0 Å². The first-order valence-electron chi connectivity index (χ1n) is 10.9. The number of carbonyl (C=O) groups excluding carboxylic acids is 3. The Bertz CT molecular complexity index is 1380. The maximum absolute atomic E-state index is 13.9. The van der Waals surface area contributed by atoms with Crippen LogP contribution in [-0.4, -0.2) is 22.7 Å². The van der Waals surface area contributed by atoms with Gasteiger partial charge in [0.15, 0.2) is 0 Å². The summed E-state index contributed by atoms with van der Waals surface area (Å²) >= 11 is 0. The standard InChI is InChI=1S/C26H18N2O6/c1-14(29)34-16-8-6-7-15(13-16)27-24(30)22-21-17-9-2-4-11-19(17)26(28(32)33,23(22)25(27)31)20-12-5-3-10-18(20)21/h2-13,21-23H,1H3/t21?,22-,23+,26?/m0/s1. The Morgan fingerprint density at radius 1 is 0.941 bits per heavy atom. The maximum Gasteiger partial charge on any atom is 0.308 e. The number of imide groups is 1. The zero-order chi connectivity index (χ0) is 23.8. The second-order valence-corrected chi connectivity index (χ2v) is 8.78. The quantitative estimate of drug-likeness (QED) is 0.197. The van der Waals surface area contributed by atoms with Crippen LogP contribution in [0, 0.1) is 22.0 Å². The Morgan fingerprint density at radius 2 is 1.56 bits per heavy atom. The number of nitro groups is 1. The van der Waals surface area contributed by atoms with Gasteiger partial charge in [-0.2, -0.15) is 0 Å². The van der Waals surface area contributed by atoms with Gasteiger partial charge in [-0.15, -0.1) is 0 Å². The minimum atomic E-state index is -1.87. The second kappa shape index (κ2) is 6.84. The highest BCUT2D eigenvalue weighted by Crippen LogP contribution is 2.64. The number of carbonyl (C=O) groups is 3. The molecule has 0 saturated carbocycles. The Labute approximate surface area is 193 Å². The molecule has 0 radical (unpaired) electrons. The zero-order valence-corrected chi connectivity index (χ0v) is 18.0. The van der Waals surface area contributed by atoms with Crippen molar-refractivity contribution >= 4 is 23.5 Å². The Balaban J connectivity index is 1.59. The van der Waals surface area contributed by atoms with Crippen LogP contribution in [0.3, 0.4) is 0 Å². The first kappa shape index (κ1) is 20.3. The summed E-state index contributed by atoms with van der Waals surface area (Å²) in [6, 6.07) is 20.1. The molecule has 0 spiro atoms. The van der Waals surface area contributed by atoms with Crippen molar-refractivity contribution in [2.24, 2.45) is 11.8 Å². The maximum atomic E-state index is 13.9. The molecule has 2 atom stereocenters. The van der Waals surface area contributed by atoms with E-state index in [0.29, 0.717) is 22.3 Å². The molecule has 1 fully saturated rings. The summed E-state index contributed by atoms with van der Waals surface area (Å²) in [5.74, 6) is -4.06. The Kier molecular flexibility index (Phi) is 4.08. The lowest BCUT2D eigenvalue weighted by Crippen LogP contribution is -2.57. The number of ether oxygens (including phenoxy) is 1. The molecule has 2 bridgehead atoms. The number of rotatable bonds is 3. The fourth-order valence-corrected chi connectivity index (χ4v) is 6.15. The molecule has 0 N–H and O–H groups in total. The number of esters is 1. The van der Waals surface area contributed by atoms with Crippen molar-refractivity contribution < 1.29 is 24.0 Å². The predicted octanol–water partition coefficient (Wildman–Crippen LogP) is 3.40. The molecule has 8 heteroatoms. The third kappa shape index (κ3) is 2.34. The molecule has 0 aromatic heterocycles. The van der Waals surface area contributed by atoms with Crippen LogP contribution in [0.1, 0.15) is 35.1 Å². The molecule has 1 saturated heterocycles. The Hall–Kier alpha value is -4.33. The highest BCUT2D eigenvalue weighted by molar-refractivity contribution is 6.23. The van der Waals surface area contributed by atoms with Crippen molar-refractivity contribution in [2.45, 2.75) is 18.4 Å². The minimum absolute atomic E-state index is 0.180. The van der Waals surface area contributed by atoms with Crippen LogP contribution in [0.15, 0.2) is 72.8 Å². The molecule has 8 nitrogen and oxygen atoms in total. The van der Waals surface area contributed by atoms with Crippen molar-refractivity contribution in [2.75, 3.05) is 4.90 Å².